The predicted octanol–water partition coefficient (Wildman–Crippen LogP) is 5.25. The number of aryl methyl sites for hydroxylation is 1. The van der Waals surface area contributed by atoms with E-state index in [1.54, 1.807) is 20.4 Å². The fourth-order valence-electron chi connectivity index (χ4n) is 2.30. The summed E-state index contributed by atoms with van der Waals surface area (Å²) in [7, 11) is 3.43. The molecule has 0 fully saturated rings. The molecule has 1 atom stereocenters. The molecule has 2 aromatic rings. The van der Waals surface area contributed by atoms with Crippen molar-refractivity contribution in [2.75, 3.05) is 19.9 Å². The Morgan fingerprint density at radius 2 is 2.00 bits per heavy atom. The number of hydrogen-bond acceptors (Lipinski definition) is 5. The SMILES string of the molecule is C=C(C)C=NC.CC.COC(C)/C(C)=C/Cn1cc(C)c2c(Cl)nc(N)nc21. The molecule has 0 aliphatic heterocycles. The molecular weight excluding hydrogens is 374 g/mol. The highest BCUT2D eigenvalue weighted by molar-refractivity contribution is 6.34. The van der Waals surface area contributed by atoms with Crippen molar-refractivity contribution in [2.45, 2.75) is 54.2 Å². The molecule has 2 heterocycles. The number of rotatable bonds is 5. The number of nitrogen functional groups attached to an aromatic ring is 1. The number of ether oxygens (including phenoxy) is 1. The molecule has 7 heteroatoms. The number of aromatic nitrogens is 3. The van der Waals surface area contributed by atoms with Crippen molar-refractivity contribution in [3.63, 3.8) is 0 Å². The van der Waals surface area contributed by atoms with Crippen LogP contribution < -0.4 is 5.73 Å². The Bertz CT molecular complexity index is 824. The molecule has 0 aliphatic rings. The highest BCUT2D eigenvalue weighted by Gasteiger charge is 2.12. The van der Waals surface area contributed by atoms with Crippen LogP contribution in [0.25, 0.3) is 11.0 Å². The summed E-state index contributed by atoms with van der Waals surface area (Å²) in [6.07, 6.45) is 5.94. The van der Waals surface area contributed by atoms with Gasteiger partial charge in [-0.3, -0.25) is 4.99 Å². The van der Waals surface area contributed by atoms with Crippen LogP contribution in [-0.4, -0.2) is 41.0 Å². The number of hydrogen-bond donors (Lipinski definition) is 1. The van der Waals surface area contributed by atoms with Crippen LogP contribution in [0.1, 0.15) is 40.2 Å². The Labute approximate surface area is 174 Å². The van der Waals surface area contributed by atoms with Crippen LogP contribution in [0.15, 0.2) is 35.0 Å². The molecule has 6 nitrogen and oxygen atoms in total. The molecule has 0 saturated heterocycles. The van der Waals surface area contributed by atoms with E-state index in [4.69, 9.17) is 22.1 Å². The molecule has 2 aromatic heterocycles. The summed E-state index contributed by atoms with van der Waals surface area (Å²) in [5.41, 5.74) is 9.63. The van der Waals surface area contributed by atoms with Gasteiger partial charge in [0.15, 0.2) is 0 Å². The van der Waals surface area contributed by atoms with Gasteiger partial charge in [-0.1, -0.05) is 38.1 Å². The lowest BCUT2D eigenvalue weighted by molar-refractivity contribution is 0.146. The van der Waals surface area contributed by atoms with E-state index in [0.29, 0.717) is 11.7 Å². The molecular formula is C21H34ClN5O. The topological polar surface area (TPSA) is 78.3 Å². The van der Waals surface area contributed by atoms with Crippen molar-refractivity contribution in [1.82, 2.24) is 14.5 Å². The van der Waals surface area contributed by atoms with Crippen molar-refractivity contribution < 1.29 is 4.74 Å². The number of halogens is 1. The Hall–Kier alpha value is -2.18. The Kier molecular flexibility index (Phi) is 12.1. The first-order valence-corrected chi connectivity index (χ1v) is 9.64. The Balaban J connectivity index is 0.000000780. The fourth-order valence-corrected chi connectivity index (χ4v) is 2.62. The van der Waals surface area contributed by atoms with E-state index in [1.807, 2.05) is 52.3 Å². The second-order valence-corrected chi connectivity index (χ2v) is 6.45. The zero-order valence-corrected chi connectivity index (χ0v) is 19.1. The van der Waals surface area contributed by atoms with E-state index in [9.17, 15) is 0 Å². The molecule has 0 spiro atoms. The highest BCUT2D eigenvalue weighted by atomic mass is 35.5. The molecule has 0 amide bonds. The molecule has 1 unspecified atom stereocenters. The van der Waals surface area contributed by atoms with Crippen molar-refractivity contribution in [3.8, 4) is 0 Å². The number of anilines is 1. The fraction of sp³-hybridized carbons (Fsp3) is 0.476. The summed E-state index contributed by atoms with van der Waals surface area (Å²) in [4.78, 5) is 12.0. The number of fused-ring (bicyclic) bond motifs is 1. The number of nitrogens with two attached hydrogens (primary N) is 1. The lowest BCUT2D eigenvalue weighted by Gasteiger charge is -2.10. The number of allylic oxidation sites excluding steroid dienone is 2. The van der Waals surface area contributed by atoms with E-state index < -0.39 is 0 Å². The largest absolute Gasteiger partial charge is 0.377 e. The second kappa shape index (κ2) is 13.1. The van der Waals surface area contributed by atoms with Gasteiger partial charge >= 0.3 is 0 Å². The van der Waals surface area contributed by atoms with Gasteiger partial charge in [0.25, 0.3) is 0 Å². The van der Waals surface area contributed by atoms with Gasteiger partial charge in [-0.25, -0.2) is 4.98 Å². The maximum absolute atomic E-state index is 6.14. The summed E-state index contributed by atoms with van der Waals surface area (Å²) in [6.45, 7) is 16.2. The molecule has 0 aliphatic carbocycles. The van der Waals surface area contributed by atoms with Gasteiger partial charge in [-0.15, -0.1) is 0 Å². The van der Waals surface area contributed by atoms with Gasteiger partial charge in [0.1, 0.15) is 10.8 Å². The monoisotopic (exact) mass is 407 g/mol. The average Bonchev–Trinajstić information content (AvgIpc) is 2.96. The van der Waals surface area contributed by atoms with Gasteiger partial charge in [0.05, 0.1) is 11.5 Å². The van der Waals surface area contributed by atoms with E-state index >= 15 is 0 Å². The molecule has 0 saturated carbocycles. The van der Waals surface area contributed by atoms with Gasteiger partial charge in [0, 0.05) is 33.1 Å². The third-order valence-corrected chi connectivity index (χ3v) is 4.11. The lowest BCUT2D eigenvalue weighted by atomic mass is 10.2. The van der Waals surface area contributed by atoms with Crippen LogP contribution in [0.4, 0.5) is 5.95 Å². The van der Waals surface area contributed by atoms with Crippen molar-refractivity contribution in [1.29, 1.82) is 0 Å². The lowest BCUT2D eigenvalue weighted by Crippen LogP contribution is -2.07. The van der Waals surface area contributed by atoms with Crippen molar-refractivity contribution in [2.24, 2.45) is 4.99 Å². The molecule has 2 N–H and O–H groups in total. The second-order valence-electron chi connectivity index (χ2n) is 6.10. The normalized spacial score (nSPS) is 12.2. The summed E-state index contributed by atoms with van der Waals surface area (Å²) in [6, 6.07) is 0. The van der Waals surface area contributed by atoms with Crippen LogP contribution in [0.3, 0.4) is 0 Å². The van der Waals surface area contributed by atoms with E-state index in [1.165, 1.54) is 5.57 Å². The molecule has 0 bridgehead atoms. The predicted molar refractivity (Wildman–Crippen MR) is 122 cm³/mol. The third-order valence-electron chi connectivity index (χ3n) is 3.83. The number of aliphatic imine (C=N–C) groups is 1. The summed E-state index contributed by atoms with van der Waals surface area (Å²) in [5, 5.41) is 1.25. The standard InChI is InChI=1S/C14H19ClN4O.C5H9N.C2H6/c1-8(10(3)20-4)5-6-19-7-9(2)11-12(15)17-14(16)18-13(11)19;1-5(2)4-6-3;1-2/h5,7,10H,6H2,1-4H3,(H2,16,17,18);4H,1H2,2-3H3;1-2H3/b8-5+;;. The third kappa shape index (κ3) is 7.82. The minimum atomic E-state index is 0.0983. The molecule has 28 heavy (non-hydrogen) atoms. The van der Waals surface area contributed by atoms with Crippen LogP contribution >= 0.6 is 11.6 Å². The van der Waals surface area contributed by atoms with Crippen molar-refractivity contribution in [3.05, 3.63) is 40.7 Å². The summed E-state index contributed by atoms with van der Waals surface area (Å²) < 4.78 is 7.30. The smallest absolute Gasteiger partial charge is 0.223 e. The highest BCUT2D eigenvalue weighted by Crippen LogP contribution is 2.26. The van der Waals surface area contributed by atoms with Crippen molar-refractivity contribution >= 4 is 34.8 Å². The molecule has 156 valence electrons. The van der Waals surface area contributed by atoms with Gasteiger partial charge in [-0.05, 0) is 44.4 Å². The summed E-state index contributed by atoms with van der Waals surface area (Å²) >= 11 is 6.14. The number of nitrogens with zero attached hydrogens (tertiary/aromatic N) is 4. The van der Waals surface area contributed by atoms with Gasteiger partial charge < -0.3 is 15.0 Å². The first-order chi connectivity index (χ1) is 13.2. The quantitative estimate of drug-likeness (QED) is 0.417. The first kappa shape index (κ1) is 25.8. The van der Waals surface area contributed by atoms with E-state index in [0.717, 1.165) is 22.2 Å². The van der Waals surface area contributed by atoms with E-state index in [2.05, 4.69) is 27.6 Å². The number of methoxy groups -OCH3 is 1. The molecule has 0 radical (unpaired) electrons. The van der Waals surface area contributed by atoms with Crippen LogP contribution in [0.2, 0.25) is 5.15 Å². The maximum Gasteiger partial charge on any atom is 0.223 e. The molecule has 2 rings (SSSR count). The Morgan fingerprint density at radius 1 is 1.39 bits per heavy atom. The Morgan fingerprint density at radius 3 is 2.46 bits per heavy atom. The van der Waals surface area contributed by atoms with Crippen LogP contribution in [0, 0.1) is 6.92 Å². The minimum Gasteiger partial charge on any atom is -0.377 e. The zero-order chi connectivity index (χ0) is 21.9. The molecule has 0 aromatic carbocycles. The van der Waals surface area contributed by atoms with Gasteiger partial charge in [0.2, 0.25) is 5.95 Å². The maximum atomic E-state index is 6.14. The average molecular weight is 408 g/mol. The van der Waals surface area contributed by atoms with E-state index in [-0.39, 0.29) is 12.1 Å². The van der Waals surface area contributed by atoms with Gasteiger partial charge in [-0.2, -0.15) is 4.98 Å². The zero-order valence-electron chi connectivity index (χ0n) is 18.4. The minimum absolute atomic E-state index is 0.0983. The summed E-state index contributed by atoms with van der Waals surface area (Å²) in [5.74, 6) is 0.188. The first-order valence-electron chi connectivity index (χ1n) is 9.26. The van der Waals surface area contributed by atoms with Crippen LogP contribution in [0.5, 0.6) is 0 Å². The van der Waals surface area contributed by atoms with Crippen LogP contribution in [-0.2, 0) is 11.3 Å².